The summed E-state index contributed by atoms with van der Waals surface area (Å²) in [6, 6.07) is 9.34. The van der Waals surface area contributed by atoms with E-state index in [1.807, 2.05) is 48.3 Å². The lowest BCUT2D eigenvalue weighted by Crippen LogP contribution is -2.14. The number of halogens is 1. The van der Waals surface area contributed by atoms with Gasteiger partial charge in [-0.1, -0.05) is 0 Å². The molecule has 0 radical (unpaired) electrons. The van der Waals surface area contributed by atoms with E-state index in [1.54, 1.807) is 12.3 Å². The molecule has 6 nitrogen and oxygen atoms in total. The lowest BCUT2D eigenvalue weighted by atomic mass is 10.1. The minimum atomic E-state index is -1.02. The summed E-state index contributed by atoms with van der Waals surface area (Å²) in [7, 11) is 1.97. The number of nitrogens with zero attached hydrogens (tertiary/aromatic N) is 3. The van der Waals surface area contributed by atoms with Gasteiger partial charge in [0.1, 0.15) is 12.0 Å². The standard InChI is InChI=1S/C21H18FN5O/c1-27-5-4-11-9-24-10-16(19(11)27)18-7-12-6-13(2-3-14(12)20(23)26-18)25-21(28)15-8-17(15)22/h2-7,9-10,15,17H,8H2,1H3,(H2,23,26)(H,25,28)/t15-,17+/m1/s1. The molecule has 1 saturated carbocycles. The number of amides is 1. The number of alkyl halides is 1. The van der Waals surface area contributed by atoms with Crippen molar-refractivity contribution in [3.8, 4) is 11.3 Å². The normalized spacial score (nSPS) is 18.5. The molecule has 3 N–H and O–H groups in total. The molecule has 7 heteroatoms. The summed E-state index contributed by atoms with van der Waals surface area (Å²) in [6.07, 6.45) is 4.84. The first-order valence-corrected chi connectivity index (χ1v) is 9.06. The third kappa shape index (κ3) is 2.67. The van der Waals surface area contributed by atoms with Crippen molar-refractivity contribution in [2.45, 2.75) is 12.6 Å². The Morgan fingerprint density at radius 2 is 2.07 bits per heavy atom. The first kappa shape index (κ1) is 16.7. The number of benzene rings is 1. The Kier molecular flexibility index (Phi) is 3.58. The van der Waals surface area contributed by atoms with Crippen molar-refractivity contribution in [1.29, 1.82) is 0 Å². The smallest absolute Gasteiger partial charge is 0.230 e. The number of nitrogens with one attached hydrogen (secondary N) is 1. The first-order chi connectivity index (χ1) is 13.5. The van der Waals surface area contributed by atoms with Gasteiger partial charge in [-0.2, -0.15) is 0 Å². The van der Waals surface area contributed by atoms with Gasteiger partial charge in [0.2, 0.25) is 5.91 Å². The van der Waals surface area contributed by atoms with Crippen LogP contribution in [0.3, 0.4) is 0 Å². The first-order valence-electron chi connectivity index (χ1n) is 9.06. The van der Waals surface area contributed by atoms with Crippen LogP contribution in [0.1, 0.15) is 6.42 Å². The quantitative estimate of drug-likeness (QED) is 0.572. The Morgan fingerprint density at radius 1 is 1.25 bits per heavy atom. The van der Waals surface area contributed by atoms with Crippen LogP contribution in [0.4, 0.5) is 15.9 Å². The second kappa shape index (κ2) is 6.02. The van der Waals surface area contributed by atoms with Gasteiger partial charge in [-0.05, 0) is 42.1 Å². The zero-order chi connectivity index (χ0) is 19.4. The molecule has 0 aliphatic heterocycles. The number of carbonyl (C=O) groups is 1. The van der Waals surface area contributed by atoms with E-state index in [2.05, 4.69) is 15.3 Å². The maximum Gasteiger partial charge on any atom is 0.230 e. The Bertz CT molecular complexity index is 1250. The molecule has 5 rings (SSSR count). The molecule has 0 bridgehead atoms. The minimum absolute atomic E-state index is 0.285. The summed E-state index contributed by atoms with van der Waals surface area (Å²) in [4.78, 5) is 20.9. The maximum absolute atomic E-state index is 13.1. The molecule has 4 aromatic rings. The fraction of sp³-hybridized carbons (Fsp3) is 0.190. The summed E-state index contributed by atoms with van der Waals surface area (Å²) < 4.78 is 15.1. The number of anilines is 2. The van der Waals surface area contributed by atoms with Crippen LogP contribution in [0.25, 0.3) is 32.9 Å². The van der Waals surface area contributed by atoms with Crippen LogP contribution in [-0.4, -0.2) is 26.6 Å². The summed E-state index contributed by atoms with van der Waals surface area (Å²) in [6.45, 7) is 0. The van der Waals surface area contributed by atoms with Gasteiger partial charge >= 0.3 is 0 Å². The van der Waals surface area contributed by atoms with Gasteiger partial charge in [0.15, 0.2) is 0 Å². The van der Waals surface area contributed by atoms with E-state index in [4.69, 9.17) is 5.73 Å². The van der Waals surface area contributed by atoms with Crippen molar-refractivity contribution in [1.82, 2.24) is 14.5 Å². The number of fused-ring (bicyclic) bond motifs is 2. The van der Waals surface area contributed by atoms with Gasteiger partial charge in [-0.25, -0.2) is 9.37 Å². The summed E-state index contributed by atoms with van der Waals surface area (Å²) in [5.41, 5.74) is 9.43. The highest BCUT2D eigenvalue weighted by Gasteiger charge is 2.43. The van der Waals surface area contributed by atoms with Crippen molar-refractivity contribution in [3.63, 3.8) is 0 Å². The van der Waals surface area contributed by atoms with Gasteiger partial charge < -0.3 is 15.6 Å². The van der Waals surface area contributed by atoms with Crippen LogP contribution in [0.15, 0.2) is 48.9 Å². The lowest BCUT2D eigenvalue weighted by molar-refractivity contribution is -0.117. The zero-order valence-electron chi connectivity index (χ0n) is 15.2. The summed E-state index contributed by atoms with van der Waals surface area (Å²) in [5.74, 6) is -0.413. The van der Waals surface area contributed by atoms with Crippen LogP contribution in [-0.2, 0) is 11.8 Å². The fourth-order valence-corrected chi connectivity index (χ4v) is 3.61. The molecule has 1 aliphatic rings. The van der Waals surface area contributed by atoms with E-state index >= 15 is 0 Å². The number of aryl methyl sites for hydroxylation is 1. The summed E-state index contributed by atoms with van der Waals surface area (Å²) in [5, 5.41) is 5.44. The van der Waals surface area contributed by atoms with E-state index in [0.29, 0.717) is 23.6 Å². The zero-order valence-corrected chi connectivity index (χ0v) is 15.2. The van der Waals surface area contributed by atoms with Crippen molar-refractivity contribution in [2.24, 2.45) is 13.0 Å². The minimum Gasteiger partial charge on any atom is -0.383 e. The molecule has 140 valence electrons. The van der Waals surface area contributed by atoms with Crippen molar-refractivity contribution >= 4 is 39.1 Å². The molecule has 2 atom stereocenters. The van der Waals surface area contributed by atoms with Crippen LogP contribution in [0, 0.1) is 5.92 Å². The number of hydrogen-bond donors (Lipinski definition) is 2. The number of hydrogen-bond acceptors (Lipinski definition) is 4. The number of nitrogen functional groups attached to an aromatic ring is 1. The van der Waals surface area contributed by atoms with E-state index < -0.39 is 12.1 Å². The predicted octanol–water partition coefficient (Wildman–Crippen LogP) is 3.67. The molecule has 1 fully saturated rings. The number of aromatic nitrogens is 3. The Labute approximate surface area is 160 Å². The second-order valence-electron chi connectivity index (χ2n) is 7.23. The van der Waals surface area contributed by atoms with Crippen molar-refractivity contribution in [3.05, 3.63) is 48.9 Å². The third-order valence-corrected chi connectivity index (χ3v) is 5.23. The molecule has 1 aliphatic carbocycles. The molecule has 3 heterocycles. The monoisotopic (exact) mass is 375 g/mol. The van der Waals surface area contributed by atoms with E-state index in [0.717, 1.165) is 27.2 Å². The largest absolute Gasteiger partial charge is 0.383 e. The van der Waals surface area contributed by atoms with Crippen molar-refractivity contribution < 1.29 is 9.18 Å². The fourth-order valence-electron chi connectivity index (χ4n) is 3.61. The summed E-state index contributed by atoms with van der Waals surface area (Å²) >= 11 is 0. The average Bonchev–Trinajstić information content (AvgIpc) is 3.30. The molecule has 0 unspecified atom stereocenters. The van der Waals surface area contributed by atoms with Gasteiger partial charge in [-0.3, -0.25) is 9.78 Å². The molecule has 0 spiro atoms. The van der Waals surface area contributed by atoms with Crippen LogP contribution in [0.2, 0.25) is 0 Å². The average molecular weight is 375 g/mol. The topological polar surface area (TPSA) is 85.8 Å². The molecular formula is C21H18FN5O. The van der Waals surface area contributed by atoms with Gasteiger partial charge in [-0.15, -0.1) is 0 Å². The molecule has 1 aromatic carbocycles. The molecule has 1 amide bonds. The van der Waals surface area contributed by atoms with Gasteiger partial charge in [0.05, 0.1) is 17.1 Å². The third-order valence-electron chi connectivity index (χ3n) is 5.23. The van der Waals surface area contributed by atoms with E-state index in [1.165, 1.54) is 0 Å². The van der Waals surface area contributed by atoms with Crippen LogP contribution < -0.4 is 11.1 Å². The Balaban J connectivity index is 1.60. The molecular weight excluding hydrogens is 357 g/mol. The Hall–Kier alpha value is -3.48. The van der Waals surface area contributed by atoms with Gasteiger partial charge in [0, 0.05) is 47.7 Å². The number of carbonyl (C=O) groups excluding carboxylic acids is 1. The molecule has 28 heavy (non-hydrogen) atoms. The van der Waals surface area contributed by atoms with Gasteiger partial charge in [0.25, 0.3) is 0 Å². The highest BCUT2D eigenvalue weighted by Crippen LogP contribution is 2.35. The molecule has 0 saturated heterocycles. The SMILES string of the molecule is Cn1ccc2cncc(-c3cc4cc(NC(=O)[C@@H]5C[C@@H]5F)ccc4c(N)n3)c21. The second-order valence-corrected chi connectivity index (χ2v) is 7.23. The van der Waals surface area contributed by atoms with E-state index in [-0.39, 0.29) is 5.91 Å². The number of pyridine rings is 2. The Morgan fingerprint density at radius 3 is 2.86 bits per heavy atom. The van der Waals surface area contributed by atoms with Crippen molar-refractivity contribution in [2.75, 3.05) is 11.1 Å². The highest BCUT2D eigenvalue weighted by molar-refractivity contribution is 6.01. The maximum atomic E-state index is 13.1. The molecule has 3 aromatic heterocycles. The number of nitrogens with two attached hydrogens (primary N) is 1. The predicted molar refractivity (Wildman–Crippen MR) is 107 cm³/mol. The van der Waals surface area contributed by atoms with Crippen LogP contribution >= 0.6 is 0 Å². The number of rotatable bonds is 3. The highest BCUT2D eigenvalue weighted by atomic mass is 19.1. The lowest BCUT2D eigenvalue weighted by Gasteiger charge is -2.11. The van der Waals surface area contributed by atoms with E-state index in [9.17, 15) is 9.18 Å². The van der Waals surface area contributed by atoms with Crippen LogP contribution in [0.5, 0.6) is 0 Å².